The minimum atomic E-state index is -0.443. The van der Waals surface area contributed by atoms with E-state index in [4.69, 9.17) is 0 Å². The molecule has 0 aliphatic heterocycles. The Morgan fingerprint density at radius 2 is 1.88 bits per heavy atom. The predicted molar refractivity (Wildman–Crippen MR) is 91.6 cm³/mol. The van der Waals surface area contributed by atoms with Gasteiger partial charge in [0.25, 0.3) is 5.69 Å². The molecule has 24 heavy (non-hydrogen) atoms. The van der Waals surface area contributed by atoms with Crippen LogP contribution >= 0.6 is 0 Å². The van der Waals surface area contributed by atoms with E-state index in [1.807, 2.05) is 31.2 Å². The summed E-state index contributed by atoms with van der Waals surface area (Å²) in [6, 6.07) is 14.6. The number of nitro benzene ring substituents is 1. The highest BCUT2D eigenvalue weighted by Crippen LogP contribution is 2.41. The predicted octanol–water partition coefficient (Wildman–Crippen LogP) is 3.71. The number of nitro groups is 1. The van der Waals surface area contributed by atoms with Crippen LogP contribution in [0.25, 0.3) is 0 Å². The fourth-order valence-corrected chi connectivity index (χ4v) is 2.91. The molecule has 0 spiro atoms. The summed E-state index contributed by atoms with van der Waals surface area (Å²) in [5, 5.41) is 14.1. The maximum Gasteiger partial charge on any atom is 0.273 e. The lowest BCUT2D eigenvalue weighted by Crippen LogP contribution is -2.31. The van der Waals surface area contributed by atoms with Crippen LogP contribution in [-0.2, 0) is 11.2 Å². The molecule has 0 bridgehead atoms. The third-order valence-electron chi connectivity index (χ3n) is 4.39. The highest BCUT2D eigenvalue weighted by molar-refractivity contribution is 5.80. The van der Waals surface area contributed by atoms with Gasteiger partial charge in [0, 0.05) is 11.6 Å². The van der Waals surface area contributed by atoms with Gasteiger partial charge in [0.1, 0.15) is 0 Å². The number of benzene rings is 2. The Balaban J connectivity index is 1.73. The van der Waals surface area contributed by atoms with E-state index in [9.17, 15) is 14.9 Å². The van der Waals surface area contributed by atoms with E-state index in [1.54, 1.807) is 18.2 Å². The molecule has 1 aliphatic carbocycles. The first kappa shape index (κ1) is 16.2. The average Bonchev–Trinajstić information content (AvgIpc) is 3.39. The molecular formula is C19H20N2O3. The molecule has 2 aromatic carbocycles. The molecule has 124 valence electrons. The van der Waals surface area contributed by atoms with E-state index in [0.717, 1.165) is 18.4 Å². The fraction of sp³-hybridized carbons (Fsp3) is 0.316. The number of carbonyl (C=O) groups is 1. The van der Waals surface area contributed by atoms with E-state index < -0.39 is 4.92 Å². The molecule has 5 heteroatoms. The van der Waals surface area contributed by atoms with Crippen LogP contribution < -0.4 is 5.32 Å². The minimum Gasteiger partial charge on any atom is -0.349 e. The van der Waals surface area contributed by atoms with Gasteiger partial charge in [-0.3, -0.25) is 14.9 Å². The van der Waals surface area contributed by atoms with Crippen molar-refractivity contribution in [3.8, 4) is 0 Å². The van der Waals surface area contributed by atoms with Crippen molar-refractivity contribution >= 4 is 11.6 Å². The smallest absolute Gasteiger partial charge is 0.273 e. The number of rotatable bonds is 6. The van der Waals surface area contributed by atoms with Crippen LogP contribution in [-0.4, -0.2) is 10.8 Å². The zero-order chi connectivity index (χ0) is 17.1. The molecule has 0 saturated heterocycles. The Kier molecular flexibility index (Phi) is 4.60. The Bertz CT molecular complexity index is 751. The second-order valence-electron chi connectivity index (χ2n) is 6.36. The lowest BCUT2D eigenvalue weighted by Gasteiger charge is -2.19. The lowest BCUT2D eigenvalue weighted by atomic mass is 10.0. The maximum absolute atomic E-state index is 12.4. The molecule has 1 fully saturated rings. The van der Waals surface area contributed by atoms with Crippen molar-refractivity contribution in [1.29, 1.82) is 0 Å². The average molecular weight is 324 g/mol. The number of para-hydroxylation sites is 1. The molecule has 0 radical (unpaired) electrons. The van der Waals surface area contributed by atoms with Gasteiger partial charge in [-0.25, -0.2) is 0 Å². The monoisotopic (exact) mass is 324 g/mol. The van der Waals surface area contributed by atoms with Gasteiger partial charge in [0.15, 0.2) is 0 Å². The molecule has 1 unspecified atom stereocenters. The molecule has 0 heterocycles. The second-order valence-corrected chi connectivity index (χ2v) is 6.36. The van der Waals surface area contributed by atoms with Crippen LogP contribution in [0.4, 0.5) is 5.69 Å². The van der Waals surface area contributed by atoms with Crippen LogP contribution in [0.3, 0.4) is 0 Å². The quantitative estimate of drug-likeness (QED) is 0.650. The van der Waals surface area contributed by atoms with Crippen molar-refractivity contribution in [2.24, 2.45) is 5.92 Å². The number of amides is 1. The number of aryl methyl sites for hydroxylation is 1. The van der Waals surface area contributed by atoms with Crippen LogP contribution in [0, 0.1) is 23.0 Å². The van der Waals surface area contributed by atoms with Gasteiger partial charge >= 0.3 is 0 Å². The molecule has 2 aromatic rings. The normalized spacial score (nSPS) is 14.9. The standard InChI is InChI=1S/C19H20N2O3/c1-13-6-8-14(9-7-13)19(15-10-11-15)20-18(22)12-16-4-2-3-5-17(16)21(23)24/h2-9,15,19H,10-12H2,1H3,(H,20,22). The van der Waals surface area contributed by atoms with Crippen molar-refractivity contribution in [2.45, 2.75) is 32.2 Å². The van der Waals surface area contributed by atoms with Crippen molar-refractivity contribution in [3.63, 3.8) is 0 Å². The first-order chi connectivity index (χ1) is 11.5. The Morgan fingerprint density at radius 1 is 1.21 bits per heavy atom. The van der Waals surface area contributed by atoms with Gasteiger partial charge in [-0.2, -0.15) is 0 Å². The Morgan fingerprint density at radius 3 is 2.50 bits per heavy atom. The number of hydrogen-bond acceptors (Lipinski definition) is 3. The third-order valence-corrected chi connectivity index (χ3v) is 4.39. The van der Waals surface area contributed by atoms with E-state index in [-0.39, 0.29) is 24.1 Å². The largest absolute Gasteiger partial charge is 0.349 e. The highest BCUT2D eigenvalue weighted by atomic mass is 16.6. The summed E-state index contributed by atoms with van der Waals surface area (Å²) in [4.78, 5) is 23.1. The zero-order valence-electron chi connectivity index (χ0n) is 13.6. The minimum absolute atomic E-state index is 0.00837. The van der Waals surface area contributed by atoms with Crippen molar-refractivity contribution in [2.75, 3.05) is 0 Å². The van der Waals surface area contributed by atoms with E-state index in [1.165, 1.54) is 11.6 Å². The van der Waals surface area contributed by atoms with E-state index in [2.05, 4.69) is 5.32 Å². The number of hydrogen-bond donors (Lipinski definition) is 1. The molecule has 5 nitrogen and oxygen atoms in total. The van der Waals surface area contributed by atoms with Gasteiger partial charge in [-0.1, -0.05) is 48.0 Å². The van der Waals surface area contributed by atoms with Crippen LogP contribution in [0.1, 0.15) is 35.6 Å². The number of nitrogens with one attached hydrogen (secondary N) is 1. The van der Waals surface area contributed by atoms with Gasteiger partial charge in [-0.05, 0) is 31.2 Å². The second kappa shape index (κ2) is 6.83. The summed E-state index contributed by atoms with van der Waals surface area (Å²) < 4.78 is 0. The molecule has 1 atom stereocenters. The zero-order valence-corrected chi connectivity index (χ0v) is 13.6. The molecular weight excluding hydrogens is 304 g/mol. The van der Waals surface area contributed by atoms with Gasteiger partial charge in [0.05, 0.1) is 17.4 Å². The van der Waals surface area contributed by atoms with Crippen molar-refractivity contribution in [3.05, 3.63) is 75.3 Å². The van der Waals surface area contributed by atoms with Crippen LogP contribution in [0.5, 0.6) is 0 Å². The third kappa shape index (κ3) is 3.79. The lowest BCUT2D eigenvalue weighted by molar-refractivity contribution is -0.385. The summed E-state index contributed by atoms with van der Waals surface area (Å²) in [6.45, 7) is 2.03. The Hall–Kier alpha value is -2.69. The molecule has 1 N–H and O–H groups in total. The molecule has 1 saturated carbocycles. The van der Waals surface area contributed by atoms with Crippen LogP contribution in [0.2, 0.25) is 0 Å². The van der Waals surface area contributed by atoms with E-state index >= 15 is 0 Å². The van der Waals surface area contributed by atoms with Gasteiger partial charge in [-0.15, -0.1) is 0 Å². The number of nitrogens with zero attached hydrogens (tertiary/aromatic N) is 1. The summed E-state index contributed by atoms with van der Waals surface area (Å²) in [5.74, 6) is 0.282. The first-order valence-corrected chi connectivity index (χ1v) is 8.13. The summed E-state index contributed by atoms with van der Waals surface area (Å²) >= 11 is 0. The molecule has 3 rings (SSSR count). The number of carbonyl (C=O) groups excluding carboxylic acids is 1. The highest BCUT2D eigenvalue weighted by Gasteiger charge is 2.33. The summed E-state index contributed by atoms with van der Waals surface area (Å²) in [6.07, 6.45) is 2.22. The summed E-state index contributed by atoms with van der Waals surface area (Å²) in [5.41, 5.74) is 2.71. The van der Waals surface area contributed by atoms with Crippen LogP contribution in [0.15, 0.2) is 48.5 Å². The van der Waals surface area contributed by atoms with E-state index in [0.29, 0.717) is 11.5 Å². The van der Waals surface area contributed by atoms with Gasteiger partial charge < -0.3 is 5.32 Å². The van der Waals surface area contributed by atoms with Crippen molar-refractivity contribution < 1.29 is 9.72 Å². The molecule has 0 aromatic heterocycles. The van der Waals surface area contributed by atoms with Gasteiger partial charge in [0.2, 0.25) is 5.91 Å². The Labute approximate surface area is 140 Å². The fourth-order valence-electron chi connectivity index (χ4n) is 2.91. The summed E-state index contributed by atoms with van der Waals surface area (Å²) in [7, 11) is 0. The molecule has 1 aliphatic rings. The SMILES string of the molecule is Cc1ccc(C(NC(=O)Cc2ccccc2[N+](=O)[O-])C2CC2)cc1. The van der Waals surface area contributed by atoms with Crippen molar-refractivity contribution in [1.82, 2.24) is 5.32 Å². The first-order valence-electron chi connectivity index (χ1n) is 8.13. The topological polar surface area (TPSA) is 72.2 Å². The molecule has 1 amide bonds. The maximum atomic E-state index is 12.4.